The highest BCUT2D eigenvalue weighted by Gasteiger charge is 2.34. The van der Waals surface area contributed by atoms with Gasteiger partial charge < -0.3 is 15.7 Å². The van der Waals surface area contributed by atoms with E-state index in [0.29, 0.717) is 12.8 Å². The third-order valence-corrected chi connectivity index (χ3v) is 8.43. The largest absolute Gasteiger partial charge is 0.416 e. The van der Waals surface area contributed by atoms with Gasteiger partial charge in [0.1, 0.15) is 0 Å². The summed E-state index contributed by atoms with van der Waals surface area (Å²) in [6.07, 6.45) is -4.23. The highest BCUT2D eigenvalue weighted by molar-refractivity contribution is 7.89. The van der Waals surface area contributed by atoms with E-state index in [1.165, 1.54) is 0 Å². The van der Waals surface area contributed by atoms with Crippen LogP contribution in [0.3, 0.4) is 0 Å². The molecule has 0 saturated carbocycles. The van der Waals surface area contributed by atoms with Crippen molar-refractivity contribution in [3.63, 3.8) is 0 Å². The van der Waals surface area contributed by atoms with Crippen LogP contribution in [0.1, 0.15) is 37.8 Å². The summed E-state index contributed by atoms with van der Waals surface area (Å²) in [5, 5.41) is 17.4. The number of nitrogens with zero attached hydrogens (tertiary/aromatic N) is 1. The second-order valence-corrected chi connectivity index (χ2v) is 12.1. The molecule has 0 spiro atoms. The standard InChI is InChI=1S/C27H36F3N3O4S/c1-19(2)17-33(38(36,37)23-10-8-22(9-11-23)27(28,29)30)18-25(34)24(16-20-6-4-3-5-7-20)32-26(35)21-12-14-31-15-13-21/h3-11,19,21,24-25,31,34H,12-18H2,1-2H3,(H,32,35)/t24-,25+/m0/s1. The quantitative estimate of drug-likeness (QED) is 0.395. The Bertz CT molecular complexity index is 1140. The van der Waals surface area contributed by atoms with Gasteiger partial charge >= 0.3 is 6.18 Å². The molecule has 38 heavy (non-hydrogen) atoms. The number of aliphatic hydroxyl groups is 1. The smallest absolute Gasteiger partial charge is 0.390 e. The first-order chi connectivity index (χ1) is 17.9. The Hall–Kier alpha value is -2.47. The number of carbonyl (C=O) groups excluding carboxylic acids is 1. The van der Waals surface area contributed by atoms with Gasteiger partial charge in [-0.25, -0.2) is 8.42 Å². The number of hydrogen-bond acceptors (Lipinski definition) is 5. The van der Waals surface area contributed by atoms with Crippen LogP contribution in [0.2, 0.25) is 0 Å². The fraction of sp³-hybridized carbons (Fsp3) is 0.519. The Morgan fingerprint density at radius 3 is 2.21 bits per heavy atom. The summed E-state index contributed by atoms with van der Waals surface area (Å²) in [7, 11) is -4.22. The number of halogens is 3. The van der Waals surface area contributed by atoms with Crippen LogP contribution in [0, 0.1) is 11.8 Å². The number of nitrogens with one attached hydrogen (secondary N) is 2. The Morgan fingerprint density at radius 2 is 1.66 bits per heavy atom. The second-order valence-electron chi connectivity index (χ2n) is 10.1. The Labute approximate surface area is 222 Å². The van der Waals surface area contributed by atoms with Crippen molar-refractivity contribution in [1.82, 2.24) is 14.9 Å². The van der Waals surface area contributed by atoms with Gasteiger partial charge in [-0.2, -0.15) is 17.5 Å². The maximum absolute atomic E-state index is 13.5. The van der Waals surface area contributed by atoms with Gasteiger partial charge in [0.05, 0.1) is 22.6 Å². The molecule has 3 rings (SSSR count). The highest BCUT2D eigenvalue weighted by Crippen LogP contribution is 2.30. The summed E-state index contributed by atoms with van der Waals surface area (Å²) in [5.74, 6) is -0.514. The van der Waals surface area contributed by atoms with Crippen molar-refractivity contribution >= 4 is 15.9 Å². The molecular formula is C27H36F3N3O4S. The van der Waals surface area contributed by atoms with Gasteiger partial charge in [-0.3, -0.25) is 4.79 Å². The third kappa shape index (κ3) is 8.26. The normalized spacial score (nSPS) is 16.9. The number of aliphatic hydroxyl groups excluding tert-OH is 1. The molecule has 7 nitrogen and oxygen atoms in total. The summed E-state index contributed by atoms with van der Waals surface area (Å²) in [5.41, 5.74) is -0.0846. The molecule has 0 radical (unpaired) electrons. The molecule has 2 aromatic rings. The molecule has 1 fully saturated rings. The summed E-state index contributed by atoms with van der Waals surface area (Å²) in [6, 6.07) is 11.8. The summed E-state index contributed by atoms with van der Waals surface area (Å²) >= 11 is 0. The lowest BCUT2D eigenvalue weighted by molar-refractivity contribution is -0.137. The molecule has 2 aromatic carbocycles. The number of hydrogen-bond donors (Lipinski definition) is 3. The van der Waals surface area contributed by atoms with Gasteiger partial charge in [0, 0.05) is 19.0 Å². The van der Waals surface area contributed by atoms with E-state index < -0.39 is 33.9 Å². The van der Waals surface area contributed by atoms with Crippen molar-refractivity contribution in [1.29, 1.82) is 0 Å². The van der Waals surface area contributed by atoms with Gasteiger partial charge in [-0.1, -0.05) is 44.2 Å². The highest BCUT2D eigenvalue weighted by atomic mass is 32.2. The molecule has 11 heteroatoms. The van der Waals surface area contributed by atoms with E-state index in [9.17, 15) is 31.5 Å². The molecule has 0 bridgehead atoms. The minimum Gasteiger partial charge on any atom is -0.390 e. The molecule has 1 aliphatic heterocycles. The molecule has 1 saturated heterocycles. The van der Waals surface area contributed by atoms with E-state index in [2.05, 4.69) is 10.6 Å². The molecule has 2 atom stereocenters. The second kappa shape index (κ2) is 13.1. The van der Waals surface area contributed by atoms with Crippen LogP contribution in [-0.4, -0.2) is 62.1 Å². The zero-order valence-corrected chi connectivity index (χ0v) is 22.4. The minimum absolute atomic E-state index is 0.0424. The zero-order chi connectivity index (χ0) is 27.9. The van der Waals surface area contributed by atoms with E-state index in [1.807, 2.05) is 44.2 Å². The van der Waals surface area contributed by atoms with Crippen LogP contribution in [-0.2, 0) is 27.4 Å². The first kappa shape index (κ1) is 30.1. The van der Waals surface area contributed by atoms with Gasteiger partial charge in [0.15, 0.2) is 0 Å². The molecule has 0 aromatic heterocycles. The zero-order valence-electron chi connectivity index (χ0n) is 21.6. The molecule has 0 unspecified atom stereocenters. The van der Waals surface area contributed by atoms with Crippen molar-refractivity contribution in [3.05, 3.63) is 65.7 Å². The number of sulfonamides is 1. The Morgan fingerprint density at radius 1 is 1.05 bits per heavy atom. The molecule has 3 N–H and O–H groups in total. The summed E-state index contributed by atoms with van der Waals surface area (Å²) < 4.78 is 67.0. The lowest BCUT2D eigenvalue weighted by Gasteiger charge is -2.32. The number of amides is 1. The van der Waals surface area contributed by atoms with E-state index in [4.69, 9.17) is 0 Å². The number of benzene rings is 2. The lowest BCUT2D eigenvalue weighted by atomic mass is 9.95. The van der Waals surface area contributed by atoms with Crippen LogP contribution < -0.4 is 10.6 Å². The maximum Gasteiger partial charge on any atom is 0.416 e. The predicted molar refractivity (Wildman–Crippen MR) is 139 cm³/mol. The van der Waals surface area contributed by atoms with E-state index in [0.717, 1.165) is 47.2 Å². The maximum atomic E-state index is 13.5. The van der Waals surface area contributed by atoms with Crippen molar-refractivity contribution in [2.45, 2.75) is 56.3 Å². The molecular weight excluding hydrogens is 519 g/mol. The van der Waals surface area contributed by atoms with Gasteiger partial charge in [-0.05, 0) is 68.1 Å². The third-order valence-electron chi connectivity index (χ3n) is 6.58. The van der Waals surface area contributed by atoms with Crippen molar-refractivity contribution < 1.29 is 31.5 Å². The fourth-order valence-corrected chi connectivity index (χ4v) is 6.14. The average Bonchev–Trinajstić information content (AvgIpc) is 2.88. The monoisotopic (exact) mass is 555 g/mol. The van der Waals surface area contributed by atoms with Gasteiger partial charge in [0.25, 0.3) is 0 Å². The molecule has 1 heterocycles. The lowest BCUT2D eigenvalue weighted by Crippen LogP contribution is -2.52. The molecule has 1 aliphatic rings. The van der Waals surface area contributed by atoms with Crippen LogP contribution >= 0.6 is 0 Å². The van der Waals surface area contributed by atoms with Crippen molar-refractivity contribution in [3.8, 4) is 0 Å². The predicted octanol–water partition coefficient (Wildman–Crippen LogP) is 3.44. The van der Waals surface area contributed by atoms with Crippen molar-refractivity contribution in [2.75, 3.05) is 26.2 Å². The number of carbonyl (C=O) groups is 1. The van der Waals surface area contributed by atoms with E-state index in [1.54, 1.807) is 0 Å². The average molecular weight is 556 g/mol. The van der Waals surface area contributed by atoms with Gasteiger partial charge in [0.2, 0.25) is 15.9 Å². The Kier molecular flexibility index (Phi) is 10.3. The van der Waals surface area contributed by atoms with Crippen LogP contribution in [0.25, 0.3) is 0 Å². The molecule has 0 aliphatic carbocycles. The van der Waals surface area contributed by atoms with E-state index >= 15 is 0 Å². The number of alkyl halides is 3. The van der Waals surface area contributed by atoms with Crippen LogP contribution in [0.5, 0.6) is 0 Å². The number of rotatable bonds is 11. The summed E-state index contributed by atoms with van der Waals surface area (Å²) in [6.45, 7) is 4.77. The van der Waals surface area contributed by atoms with Gasteiger partial charge in [-0.15, -0.1) is 0 Å². The summed E-state index contributed by atoms with van der Waals surface area (Å²) in [4.78, 5) is 12.7. The first-order valence-corrected chi connectivity index (χ1v) is 14.2. The van der Waals surface area contributed by atoms with Crippen LogP contribution in [0.15, 0.2) is 59.5 Å². The SMILES string of the molecule is CC(C)CN(C[C@@H](O)[C@H](Cc1ccccc1)NC(=O)C1CCNCC1)S(=O)(=O)c1ccc(C(F)(F)F)cc1. The molecule has 210 valence electrons. The Balaban J connectivity index is 1.84. The van der Waals surface area contributed by atoms with E-state index in [-0.39, 0.29) is 42.1 Å². The molecule has 1 amide bonds. The topological polar surface area (TPSA) is 98.7 Å². The van der Waals surface area contributed by atoms with Crippen molar-refractivity contribution in [2.24, 2.45) is 11.8 Å². The first-order valence-electron chi connectivity index (χ1n) is 12.8. The number of piperidine rings is 1. The minimum atomic E-state index is -4.59. The fourth-order valence-electron chi connectivity index (χ4n) is 4.51. The van der Waals surface area contributed by atoms with Crippen LogP contribution in [0.4, 0.5) is 13.2 Å².